The van der Waals surface area contributed by atoms with Crippen molar-refractivity contribution < 1.29 is 24.1 Å². The Morgan fingerprint density at radius 3 is 2.40 bits per heavy atom. The minimum Gasteiger partial charge on any atom is -0.507 e. The lowest BCUT2D eigenvalue weighted by Gasteiger charge is -2.20. The molecule has 1 N–H and O–H groups in total. The van der Waals surface area contributed by atoms with Crippen LogP contribution >= 0.6 is 0 Å². The third-order valence-electron chi connectivity index (χ3n) is 5.47. The van der Waals surface area contributed by atoms with Crippen molar-refractivity contribution in [3.8, 4) is 11.5 Å². The predicted octanol–water partition coefficient (Wildman–Crippen LogP) is 4.85. The number of hydrogen-bond acceptors (Lipinski definition) is 5. The maximum Gasteiger partial charge on any atom is 0.135 e. The van der Waals surface area contributed by atoms with Crippen molar-refractivity contribution in [3.05, 3.63) is 48.0 Å². The first kappa shape index (κ1) is 20.9. The van der Waals surface area contributed by atoms with Gasteiger partial charge in [0.2, 0.25) is 0 Å². The summed E-state index contributed by atoms with van der Waals surface area (Å²) < 4.78 is 23.1. The Bertz CT molecular complexity index is 1010. The Hall–Kier alpha value is -2.34. The number of rotatable bonds is 10. The fraction of sp³-hybridized carbons (Fsp3) is 0.440. The highest BCUT2D eigenvalue weighted by atomic mass is 16.6. The molecule has 1 aliphatic heterocycles. The highest BCUT2D eigenvalue weighted by Crippen LogP contribution is 2.42. The molecule has 5 heteroatoms. The van der Waals surface area contributed by atoms with E-state index in [0.29, 0.717) is 25.6 Å². The van der Waals surface area contributed by atoms with Crippen molar-refractivity contribution in [3.63, 3.8) is 0 Å². The van der Waals surface area contributed by atoms with Crippen LogP contribution in [0.15, 0.2) is 42.5 Å². The summed E-state index contributed by atoms with van der Waals surface area (Å²) in [4.78, 5) is 0. The standard InChI is InChI=1S/C25H30O5/c1-4-18-9-10-22-23(11-18)24(26)20-7-5-6-8-21(20)25(22)30-13-17(3)27-12-16(2)28-14-19-15-29-19/h5-11,16-17,19,26H,4,12-15H2,1-3H3. The molecule has 30 heavy (non-hydrogen) atoms. The minimum absolute atomic E-state index is 0.0134. The zero-order chi connectivity index (χ0) is 21.1. The summed E-state index contributed by atoms with van der Waals surface area (Å²) in [5.41, 5.74) is 1.18. The normalized spacial score (nSPS) is 17.9. The lowest BCUT2D eigenvalue weighted by molar-refractivity contribution is -0.0449. The molecule has 1 saturated heterocycles. The molecule has 3 unspecified atom stereocenters. The summed E-state index contributed by atoms with van der Waals surface area (Å²) in [5.74, 6) is 1.09. The highest BCUT2D eigenvalue weighted by molar-refractivity contribution is 6.10. The second kappa shape index (κ2) is 9.21. The maximum absolute atomic E-state index is 10.9. The van der Waals surface area contributed by atoms with Gasteiger partial charge < -0.3 is 24.1 Å². The fourth-order valence-electron chi connectivity index (χ4n) is 3.57. The quantitative estimate of drug-likeness (QED) is 0.382. The van der Waals surface area contributed by atoms with Gasteiger partial charge in [-0.2, -0.15) is 0 Å². The van der Waals surface area contributed by atoms with Crippen molar-refractivity contribution in [1.82, 2.24) is 0 Å². The van der Waals surface area contributed by atoms with Gasteiger partial charge in [-0.3, -0.25) is 0 Å². The summed E-state index contributed by atoms with van der Waals surface area (Å²) in [6.45, 7) is 8.45. The number of ether oxygens (including phenoxy) is 4. The second-order valence-electron chi connectivity index (χ2n) is 8.01. The first-order valence-corrected chi connectivity index (χ1v) is 10.7. The van der Waals surface area contributed by atoms with E-state index in [1.807, 2.05) is 50.2 Å². The molecule has 3 aromatic carbocycles. The van der Waals surface area contributed by atoms with Gasteiger partial charge in [-0.25, -0.2) is 0 Å². The molecule has 0 aromatic heterocycles. The van der Waals surface area contributed by atoms with E-state index in [1.165, 1.54) is 5.56 Å². The Morgan fingerprint density at radius 2 is 1.67 bits per heavy atom. The minimum atomic E-state index is -0.0919. The average molecular weight is 411 g/mol. The number of phenols is 1. The van der Waals surface area contributed by atoms with Crippen LogP contribution in [0.1, 0.15) is 26.3 Å². The third-order valence-corrected chi connectivity index (χ3v) is 5.47. The monoisotopic (exact) mass is 410 g/mol. The van der Waals surface area contributed by atoms with E-state index in [1.54, 1.807) is 0 Å². The van der Waals surface area contributed by atoms with Gasteiger partial charge in [0.15, 0.2) is 0 Å². The Morgan fingerprint density at radius 1 is 0.967 bits per heavy atom. The molecule has 1 heterocycles. The molecule has 0 spiro atoms. The number of hydrogen-bond donors (Lipinski definition) is 1. The number of epoxide rings is 1. The van der Waals surface area contributed by atoms with E-state index in [0.717, 1.165) is 40.3 Å². The van der Waals surface area contributed by atoms with Crippen molar-refractivity contribution in [2.75, 3.05) is 26.4 Å². The van der Waals surface area contributed by atoms with Crippen LogP contribution in [-0.2, 0) is 20.6 Å². The smallest absolute Gasteiger partial charge is 0.135 e. The van der Waals surface area contributed by atoms with Gasteiger partial charge in [-0.1, -0.05) is 43.3 Å². The summed E-state index contributed by atoms with van der Waals surface area (Å²) in [6.07, 6.45) is 1.10. The lowest BCUT2D eigenvalue weighted by Crippen LogP contribution is -2.25. The molecule has 3 aromatic rings. The molecule has 5 nitrogen and oxygen atoms in total. The SMILES string of the molecule is CCc1ccc2c(OCC(C)OCC(C)OCC3CO3)c3ccccc3c(O)c2c1. The van der Waals surface area contributed by atoms with Gasteiger partial charge in [-0.15, -0.1) is 0 Å². The van der Waals surface area contributed by atoms with Gasteiger partial charge >= 0.3 is 0 Å². The van der Waals surface area contributed by atoms with Crippen LogP contribution in [0.2, 0.25) is 0 Å². The summed E-state index contributed by atoms with van der Waals surface area (Å²) >= 11 is 0. The number of phenolic OH excluding ortho intramolecular Hbond substituents is 1. The Labute approximate surface area is 177 Å². The van der Waals surface area contributed by atoms with Gasteiger partial charge in [0, 0.05) is 21.5 Å². The Kier molecular flexibility index (Phi) is 6.42. The maximum atomic E-state index is 10.9. The molecule has 0 saturated carbocycles. The molecule has 160 valence electrons. The summed E-state index contributed by atoms with van der Waals surface area (Å²) in [7, 11) is 0. The van der Waals surface area contributed by atoms with E-state index < -0.39 is 0 Å². The van der Waals surface area contributed by atoms with Crippen molar-refractivity contribution in [2.24, 2.45) is 0 Å². The molecular weight excluding hydrogens is 380 g/mol. The molecule has 0 amide bonds. The molecule has 0 radical (unpaired) electrons. The van der Waals surface area contributed by atoms with Crippen LogP contribution in [0.3, 0.4) is 0 Å². The third kappa shape index (κ3) is 4.69. The van der Waals surface area contributed by atoms with Gasteiger partial charge in [0.05, 0.1) is 32.0 Å². The molecule has 1 aliphatic rings. The zero-order valence-electron chi connectivity index (χ0n) is 17.9. The topological polar surface area (TPSA) is 60.5 Å². The number of fused-ring (bicyclic) bond motifs is 2. The molecule has 4 rings (SSSR count). The van der Waals surface area contributed by atoms with E-state index in [9.17, 15) is 5.11 Å². The predicted molar refractivity (Wildman–Crippen MR) is 119 cm³/mol. The van der Waals surface area contributed by atoms with Crippen molar-refractivity contribution in [1.29, 1.82) is 0 Å². The largest absolute Gasteiger partial charge is 0.507 e. The highest BCUT2D eigenvalue weighted by Gasteiger charge is 2.23. The average Bonchev–Trinajstić information content (AvgIpc) is 3.60. The van der Waals surface area contributed by atoms with Gasteiger partial charge in [0.1, 0.15) is 24.2 Å². The van der Waals surface area contributed by atoms with E-state index in [4.69, 9.17) is 18.9 Å². The zero-order valence-corrected chi connectivity index (χ0v) is 17.9. The Balaban J connectivity index is 1.50. The van der Waals surface area contributed by atoms with Gasteiger partial charge in [0.25, 0.3) is 0 Å². The van der Waals surface area contributed by atoms with Crippen LogP contribution in [0.25, 0.3) is 21.5 Å². The van der Waals surface area contributed by atoms with Crippen LogP contribution < -0.4 is 4.74 Å². The summed E-state index contributed by atoms with van der Waals surface area (Å²) in [5, 5.41) is 14.3. The van der Waals surface area contributed by atoms with E-state index in [2.05, 4.69) is 13.0 Å². The summed E-state index contributed by atoms with van der Waals surface area (Å²) in [6, 6.07) is 14.0. The van der Waals surface area contributed by atoms with Crippen molar-refractivity contribution >= 4 is 21.5 Å². The molecule has 0 aliphatic carbocycles. The molecule has 3 atom stereocenters. The number of aryl methyl sites for hydroxylation is 1. The fourth-order valence-corrected chi connectivity index (χ4v) is 3.57. The first-order chi connectivity index (χ1) is 14.6. The van der Waals surface area contributed by atoms with E-state index >= 15 is 0 Å². The van der Waals surface area contributed by atoms with Gasteiger partial charge in [-0.05, 0) is 31.9 Å². The first-order valence-electron chi connectivity index (χ1n) is 10.7. The molecule has 1 fully saturated rings. The lowest BCUT2D eigenvalue weighted by atomic mass is 9.98. The van der Waals surface area contributed by atoms with Crippen molar-refractivity contribution in [2.45, 2.75) is 45.5 Å². The van der Waals surface area contributed by atoms with Crippen LogP contribution in [0.5, 0.6) is 11.5 Å². The molecular formula is C25H30O5. The van der Waals surface area contributed by atoms with E-state index in [-0.39, 0.29) is 18.3 Å². The van der Waals surface area contributed by atoms with Crippen LogP contribution in [0, 0.1) is 0 Å². The number of benzene rings is 3. The molecule has 0 bridgehead atoms. The van der Waals surface area contributed by atoms with Crippen LogP contribution in [-0.4, -0.2) is 49.8 Å². The second-order valence-corrected chi connectivity index (χ2v) is 8.01. The van der Waals surface area contributed by atoms with Crippen LogP contribution in [0.4, 0.5) is 0 Å². The number of aromatic hydroxyl groups is 1.